The summed E-state index contributed by atoms with van der Waals surface area (Å²) >= 11 is 0. The van der Waals surface area contributed by atoms with Gasteiger partial charge in [-0.15, -0.1) is 0 Å². The van der Waals surface area contributed by atoms with Crippen LogP contribution < -0.4 is 16.4 Å². The predicted molar refractivity (Wildman–Crippen MR) is 110 cm³/mol. The maximum absolute atomic E-state index is 11.6. The predicted octanol–water partition coefficient (Wildman–Crippen LogP) is -1.86. The summed E-state index contributed by atoms with van der Waals surface area (Å²) in [7, 11) is 1.37. The standard InChI is InChI=1S/C11H19N3O7.C5H12O2.C2H4O2/c1-13-8(16)4-6(12)10(18)14-7(11(19)20)2-3-9(17)21-5-15;1-2-3-4-7-5-6;1-2(3)4/h6-7,15H,2-5,12H2,1H3,(H,13,16)(H,14,18)(H,19,20);6H,2-5H2,1H3;1H3,(H,3,4). The number of carbonyl (C=O) groups excluding carboxylic acids is 3. The third kappa shape index (κ3) is 25.2. The van der Waals surface area contributed by atoms with Gasteiger partial charge in [0, 0.05) is 27.0 Å². The van der Waals surface area contributed by atoms with Gasteiger partial charge >= 0.3 is 11.9 Å². The van der Waals surface area contributed by atoms with Crippen LogP contribution in [0.25, 0.3) is 0 Å². The number of rotatable bonds is 13. The Bertz CT molecular complexity index is 550. The normalized spacial score (nSPS) is 11.3. The SMILES string of the molecule is CC(=O)O.CCCCOCO.CNC(=O)CC(N)C(=O)NC(CCC(=O)OCO)C(=O)O. The van der Waals surface area contributed by atoms with Crippen LogP contribution in [-0.2, 0) is 33.4 Å². The van der Waals surface area contributed by atoms with Gasteiger partial charge in [0.2, 0.25) is 11.8 Å². The van der Waals surface area contributed by atoms with E-state index in [2.05, 4.69) is 27.0 Å². The lowest BCUT2D eigenvalue weighted by molar-refractivity contribution is -0.152. The summed E-state index contributed by atoms with van der Waals surface area (Å²) in [6.45, 7) is 2.91. The Morgan fingerprint density at radius 1 is 1.06 bits per heavy atom. The summed E-state index contributed by atoms with van der Waals surface area (Å²) in [5.41, 5.74) is 5.46. The Balaban J connectivity index is -0.000000628. The minimum atomic E-state index is -1.35. The Labute approximate surface area is 186 Å². The molecule has 0 heterocycles. The number of aliphatic carboxylic acids is 2. The number of amides is 2. The summed E-state index contributed by atoms with van der Waals surface area (Å²) in [5, 5.41) is 37.2. The van der Waals surface area contributed by atoms with Crippen molar-refractivity contribution < 1.29 is 53.9 Å². The quantitative estimate of drug-likeness (QED) is 0.0893. The van der Waals surface area contributed by atoms with Crippen LogP contribution in [0.3, 0.4) is 0 Å². The fourth-order valence-corrected chi connectivity index (χ4v) is 1.65. The van der Waals surface area contributed by atoms with E-state index < -0.39 is 48.6 Å². The minimum absolute atomic E-state index is 0.139. The number of nitrogens with one attached hydrogen (secondary N) is 2. The van der Waals surface area contributed by atoms with Gasteiger partial charge in [-0.3, -0.25) is 19.2 Å². The van der Waals surface area contributed by atoms with Gasteiger partial charge in [0.1, 0.15) is 12.8 Å². The molecule has 0 aliphatic carbocycles. The average molecular weight is 469 g/mol. The first-order chi connectivity index (χ1) is 15.0. The monoisotopic (exact) mass is 469 g/mol. The van der Waals surface area contributed by atoms with E-state index in [9.17, 15) is 19.2 Å². The molecule has 0 saturated carbocycles. The molecule has 0 fully saturated rings. The van der Waals surface area contributed by atoms with Crippen molar-refractivity contribution in [3.63, 3.8) is 0 Å². The smallest absolute Gasteiger partial charge is 0.326 e. The minimum Gasteiger partial charge on any atom is -0.481 e. The lowest BCUT2D eigenvalue weighted by Crippen LogP contribution is -2.49. The third-order valence-corrected chi connectivity index (χ3v) is 3.23. The van der Waals surface area contributed by atoms with E-state index in [0.717, 1.165) is 19.8 Å². The number of carboxylic acids is 2. The Morgan fingerprint density at radius 2 is 1.62 bits per heavy atom. The maximum atomic E-state index is 11.6. The number of carbonyl (C=O) groups is 5. The first-order valence-electron chi connectivity index (χ1n) is 9.60. The summed E-state index contributed by atoms with van der Waals surface area (Å²) in [5.74, 6) is -4.27. The number of hydrogen-bond acceptors (Lipinski definition) is 10. The molecule has 8 N–H and O–H groups in total. The third-order valence-electron chi connectivity index (χ3n) is 3.23. The number of nitrogens with two attached hydrogens (primary N) is 1. The number of carboxylic acid groups (broad SMARTS) is 2. The summed E-state index contributed by atoms with van der Waals surface area (Å²) < 4.78 is 8.85. The molecule has 0 aliphatic heterocycles. The molecule has 0 rings (SSSR count). The molecular formula is C18H35N3O11. The van der Waals surface area contributed by atoms with Crippen LogP contribution >= 0.6 is 0 Å². The highest BCUT2D eigenvalue weighted by atomic mass is 16.6. The second-order valence-corrected chi connectivity index (χ2v) is 5.98. The van der Waals surface area contributed by atoms with E-state index in [1.165, 1.54) is 7.05 Å². The van der Waals surface area contributed by atoms with Gasteiger partial charge in [0.25, 0.3) is 5.97 Å². The van der Waals surface area contributed by atoms with Crippen molar-refractivity contribution in [3.8, 4) is 0 Å². The van der Waals surface area contributed by atoms with Gasteiger partial charge < -0.3 is 46.3 Å². The van der Waals surface area contributed by atoms with Gasteiger partial charge in [0.05, 0.1) is 12.5 Å². The number of hydrogen-bond donors (Lipinski definition) is 7. The zero-order chi connectivity index (χ0) is 25.5. The lowest BCUT2D eigenvalue weighted by Gasteiger charge is -2.17. The fourth-order valence-electron chi connectivity index (χ4n) is 1.65. The fraction of sp³-hybridized carbons (Fsp3) is 0.722. The maximum Gasteiger partial charge on any atom is 0.326 e. The van der Waals surface area contributed by atoms with E-state index in [4.69, 9.17) is 31.0 Å². The molecule has 0 aromatic rings. The Kier molecular flexibility index (Phi) is 24.2. The topological polar surface area (TPSA) is 235 Å². The summed E-state index contributed by atoms with van der Waals surface area (Å²) in [6.07, 6.45) is 1.34. The second kappa shape index (κ2) is 22.9. The second-order valence-electron chi connectivity index (χ2n) is 5.98. The molecule has 0 radical (unpaired) electrons. The molecule has 32 heavy (non-hydrogen) atoms. The van der Waals surface area contributed by atoms with Crippen LogP contribution in [0, 0.1) is 0 Å². The van der Waals surface area contributed by atoms with Crippen molar-refractivity contribution >= 4 is 29.7 Å². The van der Waals surface area contributed by atoms with Crippen LogP contribution in [0.5, 0.6) is 0 Å². The van der Waals surface area contributed by atoms with Gasteiger partial charge in [-0.05, 0) is 12.8 Å². The first kappa shape index (κ1) is 33.8. The molecule has 188 valence electrons. The highest BCUT2D eigenvalue weighted by Gasteiger charge is 2.25. The van der Waals surface area contributed by atoms with Crippen molar-refractivity contribution in [1.29, 1.82) is 0 Å². The van der Waals surface area contributed by atoms with Gasteiger partial charge in [-0.1, -0.05) is 13.3 Å². The van der Waals surface area contributed by atoms with Crippen molar-refractivity contribution in [2.75, 3.05) is 27.2 Å². The molecule has 2 unspecified atom stereocenters. The van der Waals surface area contributed by atoms with Crippen molar-refractivity contribution in [3.05, 3.63) is 0 Å². The average Bonchev–Trinajstić information content (AvgIpc) is 2.71. The van der Waals surface area contributed by atoms with Crippen LogP contribution in [-0.4, -0.2) is 89.5 Å². The molecule has 0 aromatic carbocycles. The molecule has 0 bridgehead atoms. The highest BCUT2D eigenvalue weighted by Crippen LogP contribution is 2.01. The lowest BCUT2D eigenvalue weighted by atomic mass is 10.1. The van der Waals surface area contributed by atoms with Gasteiger partial charge in [0.15, 0.2) is 6.79 Å². The number of esters is 1. The van der Waals surface area contributed by atoms with Crippen LogP contribution in [0.15, 0.2) is 0 Å². The molecule has 14 heteroatoms. The molecule has 2 atom stereocenters. The molecule has 0 spiro atoms. The zero-order valence-electron chi connectivity index (χ0n) is 18.5. The van der Waals surface area contributed by atoms with Crippen molar-refractivity contribution in [2.24, 2.45) is 5.73 Å². The van der Waals surface area contributed by atoms with E-state index >= 15 is 0 Å². The van der Waals surface area contributed by atoms with Crippen LogP contribution in [0.4, 0.5) is 0 Å². The van der Waals surface area contributed by atoms with Gasteiger partial charge in [-0.2, -0.15) is 0 Å². The van der Waals surface area contributed by atoms with Gasteiger partial charge in [-0.25, -0.2) is 4.79 Å². The molecule has 2 amide bonds. The zero-order valence-corrected chi connectivity index (χ0v) is 18.5. The Hall–Kier alpha value is -2.81. The number of aliphatic hydroxyl groups excluding tert-OH is 2. The first-order valence-corrected chi connectivity index (χ1v) is 9.60. The molecule has 14 nitrogen and oxygen atoms in total. The van der Waals surface area contributed by atoms with E-state index in [-0.39, 0.29) is 26.1 Å². The van der Waals surface area contributed by atoms with Crippen LogP contribution in [0.2, 0.25) is 0 Å². The number of ether oxygens (including phenoxy) is 2. The summed E-state index contributed by atoms with van der Waals surface area (Å²) in [4.78, 5) is 53.7. The Morgan fingerprint density at radius 3 is 2.03 bits per heavy atom. The van der Waals surface area contributed by atoms with E-state index in [0.29, 0.717) is 6.61 Å². The van der Waals surface area contributed by atoms with Crippen molar-refractivity contribution in [1.82, 2.24) is 10.6 Å². The molecule has 0 aliphatic rings. The van der Waals surface area contributed by atoms with E-state index in [1.54, 1.807) is 0 Å². The number of aliphatic hydroxyl groups is 2. The largest absolute Gasteiger partial charge is 0.481 e. The molecular weight excluding hydrogens is 434 g/mol. The van der Waals surface area contributed by atoms with E-state index in [1.807, 2.05) is 0 Å². The summed E-state index contributed by atoms with van der Waals surface area (Å²) in [6, 6.07) is -2.55. The number of unbranched alkanes of at least 4 members (excludes halogenated alkanes) is 1. The molecule has 0 saturated heterocycles. The van der Waals surface area contributed by atoms with Crippen LogP contribution in [0.1, 0.15) is 46.0 Å². The highest BCUT2D eigenvalue weighted by molar-refractivity contribution is 5.90. The van der Waals surface area contributed by atoms with Crippen molar-refractivity contribution in [2.45, 2.75) is 58.0 Å². The molecule has 0 aromatic heterocycles.